The zero-order chi connectivity index (χ0) is 13.8. The van der Waals surface area contributed by atoms with Crippen LogP contribution < -0.4 is 5.32 Å². The van der Waals surface area contributed by atoms with Gasteiger partial charge in [0, 0.05) is 18.2 Å². The van der Waals surface area contributed by atoms with Gasteiger partial charge < -0.3 is 20.6 Å². The van der Waals surface area contributed by atoms with Crippen molar-refractivity contribution >= 4 is 0 Å². The van der Waals surface area contributed by atoms with Crippen LogP contribution in [0, 0.1) is 11.6 Å². The number of benzene rings is 1. The van der Waals surface area contributed by atoms with Crippen molar-refractivity contribution in [1.29, 1.82) is 0 Å². The van der Waals surface area contributed by atoms with E-state index in [0.717, 1.165) is 12.1 Å². The predicted molar refractivity (Wildman–Crippen MR) is 61.9 cm³/mol. The van der Waals surface area contributed by atoms with Crippen molar-refractivity contribution in [2.24, 2.45) is 0 Å². The standard InChI is InChI=1S/C12H17F2NO3/c1-12(6-16,7-17)15-5-11(18)9-3-2-8(13)4-10(9)14/h2-4,11,15-18H,5-7H2,1H3. The first-order valence-electron chi connectivity index (χ1n) is 5.51. The summed E-state index contributed by atoms with van der Waals surface area (Å²) in [5, 5.41) is 30.5. The molecule has 0 amide bonds. The van der Waals surface area contributed by atoms with Crippen LogP contribution in [-0.2, 0) is 0 Å². The normalized spacial score (nSPS) is 13.7. The van der Waals surface area contributed by atoms with Gasteiger partial charge in [-0.15, -0.1) is 0 Å². The molecule has 1 atom stereocenters. The fraction of sp³-hybridized carbons (Fsp3) is 0.500. The minimum Gasteiger partial charge on any atom is -0.394 e. The summed E-state index contributed by atoms with van der Waals surface area (Å²) in [4.78, 5) is 0. The molecule has 1 aromatic carbocycles. The van der Waals surface area contributed by atoms with Gasteiger partial charge in [0.2, 0.25) is 0 Å². The van der Waals surface area contributed by atoms with E-state index < -0.39 is 23.3 Å². The number of nitrogens with one attached hydrogen (secondary N) is 1. The van der Waals surface area contributed by atoms with Gasteiger partial charge in [0.1, 0.15) is 11.6 Å². The molecule has 1 unspecified atom stereocenters. The molecule has 0 heterocycles. The quantitative estimate of drug-likeness (QED) is 0.595. The van der Waals surface area contributed by atoms with E-state index in [9.17, 15) is 13.9 Å². The molecule has 18 heavy (non-hydrogen) atoms. The third-order valence-electron chi connectivity index (χ3n) is 2.74. The Morgan fingerprint density at radius 2 is 1.89 bits per heavy atom. The third kappa shape index (κ3) is 3.71. The van der Waals surface area contributed by atoms with E-state index in [1.165, 1.54) is 0 Å². The molecular formula is C12H17F2NO3. The molecule has 1 rings (SSSR count). The number of aliphatic hydroxyl groups excluding tert-OH is 3. The summed E-state index contributed by atoms with van der Waals surface area (Å²) in [6.07, 6.45) is -1.19. The van der Waals surface area contributed by atoms with Crippen molar-refractivity contribution < 1.29 is 24.1 Å². The lowest BCUT2D eigenvalue weighted by molar-refractivity contribution is 0.0837. The Kier molecular flexibility index (Phi) is 5.15. The highest BCUT2D eigenvalue weighted by atomic mass is 19.1. The highest BCUT2D eigenvalue weighted by molar-refractivity contribution is 5.21. The van der Waals surface area contributed by atoms with Gasteiger partial charge in [-0.05, 0) is 13.0 Å². The largest absolute Gasteiger partial charge is 0.394 e. The molecule has 0 aromatic heterocycles. The molecule has 0 spiro atoms. The monoisotopic (exact) mass is 261 g/mol. The molecule has 0 saturated heterocycles. The van der Waals surface area contributed by atoms with Crippen LogP contribution >= 0.6 is 0 Å². The SMILES string of the molecule is CC(CO)(CO)NCC(O)c1ccc(F)cc1F. The number of hydrogen-bond acceptors (Lipinski definition) is 4. The van der Waals surface area contributed by atoms with E-state index in [2.05, 4.69) is 5.32 Å². The molecular weight excluding hydrogens is 244 g/mol. The molecule has 6 heteroatoms. The Morgan fingerprint density at radius 1 is 1.28 bits per heavy atom. The summed E-state index contributed by atoms with van der Waals surface area (Å²) in [5.41, 5.74) is -1.00. The van der Waals surface area contributed by atoms with E-state index in [1.807, 2.05) is 0 Å². The number of β-amino-alcohol motifs (C(OH)–C–C–N with tert-alkyl or cyclic N) is 1. The molecule has 4 N–H and O–H groups in total. The molecule has 0 fully saturated rings. The minimum absolute atomic E-state index is 0.0397. The summed E-state index contributed by atoms with van der Waals surface area (Å²) in [6.45, 7) is 0.825. The van der Waals surface area contributed by atoms with Crippen molar-refractivity contribution in [3.05, 3.63) is 35.4 Å². The van der Waals surface area contributed by atoms with Gasteiger partial charge in [0.25, 0.3) is 0 Å². The van der Waals surface area contributed by atoms with Crippen LogP contribution in [0.5, 0.6) is 0 Å². The molecule has 1 aromatic rings. The topological polar surface area (TPSA) is 72.7 Å². The smallest absolute Gasteiger partial charge is 0.131 e. The minimum atomic E-state index is -1.19. The molecule has 0 saturated carbocycles. The first-order valence-corrected chi connectivity index (χ1v) is 5.51. The van der Waals surface area contributed by atoms with Crippen molar-refractivity contribution in [3.8, 4) is 0 Å². The van der Waals surface area contributed by atoms with Gasteiger partial charge in [0.15, 0.2) is 0 Å². The molecule has 4 nitrogen and oxygen atoms in total. The number of aliphatic hydroxyl groups is 3. The molecule has 0 radical (unpaired) electrons. The Morgan fingerprint density at radius 3 is 2.39 bits per heavy atom. The van der Waals surface area contributed by atoms with Crippen LogP contribution in [0.2, 0.25) is 0 Å². The first-order chi connectivity index (χ1) is 8.41. The van der Waals surface area contributed by atoms with Crippen molar-refractivity contribution in [2.45, 2.75) is 18.6 Å². The van der Waals surface area contributed by atoms with Crippen molar-refractivity contribution in [2.75, 3.05) is 19.8 Å². The number of halogens is 2. The van der Waals surface area contributed by atoms with Gasteiger partial charge in [-0.1, -0.05) is 6.07 Å². The molecule has 0 bridgehead atoms. The molecule has 0 aliphatic heterocycles. The third-order valence-corrected chi connectivity index (χ3v) is 2.74. The lowest BCUT2D eigenvalue weighted by Gasteiger charge is -2.27. The average Bonchev–Trinajstić information content (AvgIpc) is 2.35. The second-order valence-electron chi connectivity index (χ2n) is 4.44. The molecule has 0 aliphatic rings. The summed E-state index contributed by atoms with van der Waals surface area (Å²) < 4.78 is 26.0. The maximum atomic E-state index is 13.4. The summed E-state index contributed by atoms with van der Waals surface area (Å²) in [5.74, 6) is -1.55. The van der Waals surface area contributed by atoms with Crippen LogP contribution in [0.3, 0.4) is 0 Å². The maximum Gasteiger partial charge on any atom is 0.131 e. The second-order valence-corrected chi connectivity index (χ2v) is 4.44. The summed E-state index contributed by atoms with van der Waals surface area (Å²) in [7, 11) is 0. The van der Waals surface area contributed by atoms with Crippen LogP contribution in [0.25, 0.3) is 0 Å². The number of hydrogen-bond donors (Lipinski definition) is 4. The lowest BCUT2D eigenvalue weighted by atomic mass is 10.0. The second kappa shape index (κ2) is 6.19. The highest BCUT2D eigenvalue weighted by Crippen LogP contribution is 2.18. The van der Waals surface area contributed by atoms with Crippen LogP contribution in [0.4, 0.5) is 8.78 Å². The van der Waals surface area contributed by atoms with Gasteiger partial charge in [-0.3, -0.25) is 0 Å². The highest BCUT2D eigenvalue weighted by Gasteiger charge is 2.23. The average molecular weight is 261 g/mol. The van der Waals surface area contributed by atoms with Crippen molar-refractivity contribution in [3.63, 3.8) is 0 Å². The molecule has 102 valence electrons. The van der Waals surface area contributed by atoms with Gasteiger partial charge in [-0.2, -0.15) is 0 Å². The fourth-order valence-electron chi connectivity index (χ4n) is 1.39. The van der Waals surface area contributed by atoms with Crippen LogP contribution in [0.1, 0.15) is 18.6 Å². The van der Waals surface area contributed by atoms with Gasteiger partial charge in [0.05, 0.1) is 24.9 Å². The summed E-state index contributed by atoms with van der Waals surface area (Å²) >= 11 is 0. The van der Waals surface area contributed by atoms with Crippen molar-refractivity contribution in [1.82, 2.24) is 5.32 Å². The Bertz CT molecular complexity index is 397. The maximum absolute atomic E-state index is 13.4. The Balaban J connectivity index is 2.68. The predicted octanol–water partition coefficient (Wildman–Crippen LogP) is 0.331. The van der Waals surface area contributed by atoms with Gasteiger partial charge in [-0.25, -0.2) is 8.78 Å². The van der Waals surface area contributed by atoms with E-state index in [0.29, 0.717) is 6.07 Å². The van der Waals surface area contributed by atoms with E-state index >= 15 is 0 Å². The van der Waals surface area contributed by atoms with Gasteiger partial charge >= 0.3 is 0 Å². The summed E-state index contributed by atoms with van der Waals surface area (Å²) in [6, 6.07) is 2.90. The Hall–Kier alpha value is -1.08. The number of rotatable bonds is 6. The first kappa shape index (κ1) is 15.0. The molecule has 0 aliphatic carbocycles. The lowest BCUT2D eigenvalue weighted by Crippen LogP contribution is -2.50. The van der Waals surface area contributed by atoms with E-state index in [-0.39, 0.29) is 25.3 Å². The zero-order valence-corrected chi connectivity index (χ0v) is 10.0. The van der Waals surface area contributed by atoms with E-state index in [1.54, 1.807) is 6.92 Å². The Labute approximate surface area is 104 Å². The zero-order valence-electron chi connectivity index (χ0n) is 10.0. The van der Waals surface area contributed by atoms with E-state index in [4.69, 9.17) is 10.2 Å². The fourth-order valence-corrected chi connectivity index (χ4v) is 1.39. The van der Waals surface area contributed by atoms with Crippen LogP contribution in [-0.4, -0.2) is 40.6 Å². The van der Waals surface area contributed by atoms with Crippen LogP contribution in [0.15, 0.2) is 18.2 Å².